The number of aromatic nitrogens is 2. The molecule has 1 aromatic carbocycles. The van der Waals surface area contributed by atoms with Crippen LogP contribution in [0, 0.1) is 0 Å². The molecule has 96 valence electrons. The number of nitrogens with zero attached hydrogens (tertiary/aromatic N) is 2. The average Bonchev–Trinajstić information content (AvgIpc) is 2.87. The minimum absolute atomic E-state index is 0.199. The maximum atomic E-state index is 11.7. The van der Waals surface area contributed by atoms with Crippen molar-refractivity contribution in [2.75, 3.05) is 17.4 Å². The quantitative estimate of drug-likeness (QED) is 0.858. The molecule has 7 nitrogen and oxygen atoms in total. The number of nitrogens with one attached hydrogen (secondary N) is 2. The van der Waals surface area contributed by atoms with Crippen LogP contribution in [0.25, 0.3) is 0 Å². The zero-order chi connectivity index (χ0) is 13.1. The Hall–Kier alpha value is -2.83. The van der Waals surface area contributed by atoms with E-state index in [2.05, 4.69) is 20.6 Å². The lowest BCUT2D eigenvalue weighted by Gasteiger charge is -2.07. The second-order valence-electron chi connectivity index (χ2n) is 3.74. The third-order valence-electron chi connectivity index (χ3n) is 2.44. The van der Waals surface area contributed by atoms with E-state index in [0.29, 0.717) is 23.0 Å². The van der Waals surface area contributed by atoms with Gasteiger partial charge in [0.25, 0.3) is 0 Å². The Balaban J connectivity index is 1.66. The third kappa shape index (κ3) is 2.54. The Morgan fingerprint density at radius 3 is 2.89 bits per heavy atom. The van der Waals surface area contributed by atoms with Crippen LogP contribution in [-0.4, -0.2) is 22.8 Å². The summed E-state index contributed by atoms with van der Waals surface area (Å²) in [6.07, 6.45) is 4.48. The van der Waals surface area contributed by atoms with E-state index >= 15 is 0 Å². The summed E-state index contributed by atoms with van der Waals surface area (Å²) in [5.41, 5.74) is 0.602. The fourth-order valence-electron chi connectivity index (χ4n) is 1.62. The Morgan fingerprint density at radius 1 is 1.16 bits per heavy atom. The summed E-state index contributed by atoms with van der Waals surface area (Å²) in [5, 5.41) is 5.23. The molecule has 3 rings (SSSR count). The summed E-state index contributed by atoms with van der Waals surface area (Å²) in [6, 6.07) is 4.75. The van der Waals surface area contributed by atoms with Gasteiger partial charge in [-0.05, 0) is 12.1 Å². The molecule has 0 radical (unpaired) electrons. The molecule has 0 saturated carbocycles. The van der Waals surface area contributed by atoms with Gasteiger partial charge in [-0.3, -0.25) is 10.3 Å². The van der Waals surface area contributed by atoms with E-state index in [9.17, 15) is 4.79 Å². The number of carbonyl (C=O) groups is 1. The first-order valence-electron chi connectivity index (χ1n) is 5.55. The molecule has 2 heterocycles. The van der Waals surface area contributed by atoms with Gasteiger partial charge in [0.1, 0.15) is 0 Å². The minimum atomic E-state index is -0.403. The third-order valence-corrected chi connectivity index (χ3v) is 2.44. The predicted molar refractivity (Wildman–Crippen MR) is 67.2 cm³/mol. The normalized spacial score (nSPS) is 12.0. The lowest BCUT2D eigenvalue weighted by atomic mass is 10.3. The molecule has 0 spiro atoms. The van der Waals surface area contributed by atoms with Gasteiger partial charge in [0.05, 0.1) is 6.20 Å². The molecule has 19 heavy (non-hydrogen) atoms. The molecule has 1 aliphatic rings. The largest absolute Gasteiger partial charge is 0.454 e. The highest BCUT2D eigenvalue weighted by atomic mass is 16.7. The first-order valence-corrected chi connectivity index (χ1v) is 5.55. The van der Waals surface area contributed by atoms with E-state index in [1.54, 1.807) is 18.2 Å². The number of carbonyl (C=O) groups excluding carboxylic acids is 1. The smallest absolute Gasteiger partial charge is 0.324 e. The number of fused-ring (bicyclic) bond motifs is 1. The van der Waals surface area contributed by atoms with Crippen LogP contribution in [0.1, 0.15) is 0 Å². The summed E-state index contributed by atoms with van der Waals surface area (Å²) in [5.74, 6) is 1.65. The van der Waals surface area contributed by atoms with Crippen molar-refractivity contribution >= 4 is 17.5 Å². The van der Waals surface area contributed by atoms with Crippen LogP contribution in [0.3, 0.4) is 0 Å². The monoisotopic (exact) mass is 258 g/mol. The highest BCUT2D eigenvalue weighted by molar-refractivity contribution is 5.99. The van der Waals surface area contributed by atoms with Crippen molar-refractivity contribution in [3.63, 3.8) is 0 Å². The van der Waals surface area contributed by atoms with Gasteiger partial charge >= 0.3 is 6.03 Å². The first kappa shape index (κ1) is 11.3. The molecule has 2 amide bonds. The lowest BCUT2D eigenvalue weighted by Crippen LogP contribution is -2.20. The Labute approximate surface area is 108 Å². The van der Waals surface area contributed by atoms with Crippen LogP contribution in [-0.2, 0) is 0 Å². The topological polar surface area (TPSA) is 85.4 Å². The van der Waals surface area contributed by atoms with E-state index < -0.39 is 6.03 Å². The second-order valence-corrected chi connectivity index (χ2v) is 3.74. The van der Waals surface area contributed by atoms with Crippen molar-refractivity contribution in [3.05, 3.63) is 36.8 Å². The zero-order valence-corrected chi connectivity index (χ0v) is 9.79. The average molecular weight is 258 g/mol. The molecule has 0 saturated heterocycles. The number of benzene rings is 1. The van der Waals surface area contributed by atoms with Crippen molar-refractivity contribution < 1.29 is 14.3 Å². The summed E-state index contributed by atoms with van der Waals surface area (Å²) < 4.78 is 10.4. The first-order chi connectivity index (χ1) is 9.31. The summed E-state index contributed by atoms with van der Waals surface area (Å²) in [7, 11) is 0. The van der Waals surface area contributed by atoms with Crippen molar-refractivity contribution in [2.24, 2.45) is 0 Å². The SMILES string of the molecule is O=C(Nc1ccc2c(c1)OCO2)Nc1cnccn1. The number of anilines is 2. The van der Waals surface area contributed by atoms with E-state index in [1.165, 1.54) is 18.6 Å². The Kier molecular flexibility index (Phi) is 2.85. The number of ether oxygens (including phenoxy) is 2. The summed E-state index contributed by atoms with van der Waals surface area (Å²) in [6.45, 7) is 0.199. The van der Waals surface area contributed by atoms with Gasteiger partial charge in [0.2, 0.25) is 6.79 Å². The van der Waals surface area contributed by atoms with E-state index in [1.807, 2.05) is 0 Å². The molecule has 0 bridgehead atoms. The fraction of sp³-hybridized carbons (Fsp3) is 0.0833. The molecule has 0 fully saturated rings. The molecule has 0 atom stereocenters. The van der Waals surface area contributed by atoms with Gasteiger partial charge in [-0.25, -0.2) is 9.78 Å². The lowest BCUT2D eigenvalue weighted by molar-refractivity contribution is 0.174. The molecule has 0 unspecified atom stereocenters. The van der Waals surface area contributed by atoms with Gasteiger partial charge in [-0.15, -0.1) is 0 Å². The number of amides is 2. The van der Waals surface area contributed by atoms with Crippen molar-refractivity contribution in [1.29, 1.82) is 0 Å². The van der Waals surface area contributed by atoms with Gasteiger partial charge < -0.3 is 14.8 Å². The Morgan fingerprint density at radius 2 is 2.05 bits per heavy atom. The van der Waals surface area contributed by atoms with Crippen LogP contribution >= 0.6 is 0 Å². The summed E-state index contributed by atoms with van der Waals surface area (Å²) in [4.78, 5) is 19.5. The van der Waals surface area contributed by atoms with Gasteiger partial charge in [-0.2, -0.15) is 0 Å². The number of hydrogen-bond donors (Lipinski definition) is 2. The van der Waals surface area contributed by atoms with Crippen LogP contribution in [0.2, 0.25) is 0 Å². The molecule has 2 N–H and O–H groups in total. The standard InChI is InChI=1S/C12H10N4O3/c17-12(16-11-6-13-3-4-14-11)15-8-1-2-9-10(5-8)19-7-18-9/h1-6H,7H2,(H2,14,15,16,17). The highest BCUT2D eigenvalue weighted by Gasteiger charge is 2.14. The summed E-state index contributed by atoms with van der Waals surface area (Å²) >= 11 is 0. The molecule has 0 aliphatic carbocycles. The number of urea groups is 1. The van der Waals surface area contributed by atoms with Gasteiger partial charge in [0, 0.05) is 24.1 Å². The van der Waals surface area contributed by atoms with E-state index in [0.717, 1.165) is 0 Å². The second kappa shape index (κ2) is 4.81. The predicted octanol–water partition coefficient (Wildman–Crippen LogP) is 1.85. The molecular weight excluding hydrogens is 248 g/mol. The molecule has 7 heteroatoms. The molecule has 2 aromatic rings. The van der Waals surface area contributed by atoms with E-state index in [-0.39, 0.29) is 6.79 Å². The van der Waals surface area contributed by atoms with Crippen LogP contribution in [0.4, 0.5) is 16.3 Å². The minimum Gasteiger partial charge on any atom is -0.454 e. The van der Waals surface area contributed by atoms with Crippen LogP contribution < -0.4 is 20.1 Å². The van der Waals surface area contributed by atoms with Crippen molar-refractivity contribution in [2.45, 2.75) is 0 Å². The van der Waals surface area contributed by atoms with Crippen LogP contribution in [0.15, 0.2) is 36.8 Å². The van der Waals surface area contributed by atoms with Crippen molar-refractivity contribution in [1.82, 2.24) is 9.97 Å². The maximum absolute atomic E-state index is 11.7. The molecule has 1 aliphatic heterocycles. The Bertz CT molecular complexity index is 603. The number of hydrogen-bond acceptors (Lipinski definition) is 5. The fourth-order valence-corrected chi connectivity index (χ4v) is 1.62. The maximum Gasteiger partial charge on any atom is 0.324 e. The molecular formula is C12H10N4O3. The molecule has 1 aromatic heterocycles. The highest BCUT2D eigenvalue weighted by Crippen LogP contribution is 2.34. The van der Waals surface area contributed by atoms with Crippen LogP contribution in [0.5, 0.6) is 11.5 Å². The zero-order valence-electron chi connectivity index (χ0n) is 9.79. The van der Waals surface area contributed by atoms with Crippen molar-refractivity contribution in [3.8, 4) is 11.5 Å². The van der Waals surface area contributed by atoms with Gasteiger partial charge in [-0.1, -0.05) is 0 Å². The van der Waals surface area contributed by atoms with Gasteiger partial charge in [0.15, 0.2) is 17.3 Å². The van der Waals surface area contributed by atoms with E-state index in [4.69, 9.17) is 9.47 Å². The number of rotatable bonds is 2.